The van der Waals surface area contributed by atoms with Crippen molar-refractivity contribution < 1.29 is 8.42 Å². The van der Waals surface area contributed by atoms with Crippen LogP contribution in [0.1, 0.15) is 22.9 Å². The number of aromatic nitrogens is 1. The fourth-order valence-corrected chi connectivity index (χ4v) is 6.26. The van der Waals surface area contributed by atoms with Crippen LogP contribution in [0.5, 0.6) is 0 Å². The van der Waals surface area contributed by atoms with E-state index in [-0.39, 0.29) is 10.9 Å². The molecule has 2 aromatic heterocycles. The highest BCUT2D eigenvalue weighted by Gasteiger charge is 2.24. The van der Waals surface area contributed by atoms with Crippen molar-refractivity contribution in [3.63, 3.8) is 0 Å². The summed E-state index contributed by atoms with van der Waals surface area (Å²) in [5.41, 5.74) is 0. The molecule has 5 nitrogen and oxygen atoms in total. The van der Waals surface area contributed by atoms with Crippen LogP contribution in [0.15, 0.2) is 26.3 Å². The number of sulfonamides is 1. The molecule has 0 saturated carbocycles. The van der Waals surface area contributed by atoms with Crippen LogP contribution in [0, 0.1) is 0 Å². The number of hydrogen-bond donors (Lipinski definition) is 2. The minimum Gasteiger partial charge on any atom is -0.315 e. The fourth-order valence-electron chi connectivity index (χ4n) is 1.64. The Morgan fingerprint density at radius 1 is 1.50 bits per heavy atom. The van der Waals surface area contributed by atoms with Gasteiger partial charge in [0.05, 0.1) is 9.83 Å². The van der Waals surface area contributed by atoms with E-state index in [9.17, 15) is 8.42 Å². The molecule has 110 valence electrons. The number of nitrogens with one attached hydrogen (secondary N) is 2. The van der Waals surface area contributed by atoms with Crippen molar-refractivity contribution in [3.8, 4) is 0 Å². The van der Waals surface area contributed by atoms with Crippen LogP contribution in [0.25, 0.3) is 0 Å². The van der Waals surface area contributed by atoms with E-state index in [2.05, 4.69) is 31.0 Å². The van der Waals surface area contributed by atoms with Gasteiger partial charge in [-0.15, -0.1) is 22.7 Å². The van der Waals surface area contributed by atoms with Gasteiger partial charge < -0.3 is 5.32 Å². The maximum Gasteiger partial charge on any atom is 0.243 e. The third-order valence-corrected chi connectivity index (χ3v) is 7.25. The minimum absolute atomic E-state index is 0.274. The lowest BCUT2D eigenvalue weighted by atomic mass is 10.4. The largest absolute Gasteiger partial charge is 0.315 e. The van der Waals surface area contributed by atoms with Crippen molar-refractivity contribution in [2.75, 3.05) is 7.05 Å². The van der Waals surface area contributed by atoms with Gasteiger partial charge in [0, 0.05) is 23.0 Å². The molecule has 0 aliphatic heterocycles. The Labute approximate surface area is 134 Å². The van der Waals surface area contributed by atoms with Gasteiger partial charge in [-0.1, -0.05) is 0 Å². The molecular formula is C11H14BrN3O2S3. The van der Waals surface area contributed by atoms with Crippen LogP contribution in [0.3, 0.4) is 0 Å². The summed E-state index contributed by atoms with van der Waals surface area (Å²) in [4.78, 5) is 5.36. The van der Waals surface area contributed by atoms with Gasteiger partial charge in [-0.3, -0.25) is 0 Å². The number of hydrogen-bond acceptors (Lipinski definition) is 6. The van der Waals surface area contributed by atoms with Gasteiger partial charge in [-0.05, 0) is 36.0 Å². The summed E-state index contributed by atoms with van der Waals surface area (Å²) in [6, 6.07) is 1.34. The summed E-state index contributed by atoms with van der Waals surface area (Å²) in [5, 5.41) is 5.58. The van der Waals surface area contributed by atoms with Crippen LogP contribution in [-0.4, -0.2) is 20.4 Å². The van der Waals surface area contributed by atoms with Crippen molar-refractivity contribution in [2.45, 2.75) is 24.4 Å². The van der Waals surface area contributed by atoms with Crippen LogP contribution < -0.4 is 10.0 Å². The average Bonchev–Trinajstić information content (AvgIpc) is 2.98. The molecule has 9 heteroatoms. The fraction of sp³-hybridized carbons (Fsp3) is 0.364. The highest BCUT2D eigenvalue weighted by atomic mass is 79.9. The Kier molecular flexibility index (Phi) is 5.32. The topological polar surface area (TPSA) is 71.1 Å². The van der Waals surface area contributed by atoms with E-state index >= 15 is 0 Å². The molecule has 0 aliphatic carbocycles. The van der Waals surface area contributed by atoms with E-state index in [1.54, 1.807) is 19.2 Å². The zero-order chi connectivity index (χ0) is 14.8. The first-order valence-electron chi connectivity index (χ1n) is 5.78. The summed E-state index contributed by atoms with van der Waals surface area (Å²) in [5.74, 6) is 0. The molecule has 0 fully saturated rings. The number of thiazole rings is 1. The molecule has 1 atom stereocenters. The van der Waals surface area contributed by atoms with E-state index in [1.165, 1.54) is 22.7 Å². The SMILES string of the molecule is CNCc1cc(S(=O)(=O)NC(C)c2nccs2)c(Br)s1. The first-order chi connectivity index (χ1) is 9.44. The highest BCUT2D eigenvalue weighted by Crippen LogP contribution is 2.32. The van der Waals surface area contributed by atoms with E-state index in [0.717, 1.165) is 9.88 Å². The maximum atomic E-state index is 12.4. The normalized spacial score (nSPS) is 13.6. The zero-order valence-corrected chi connectivity index (χ0v) is 14.9. The molecule has 0 aromatic carbocycles. The van der Waals surface area contributed by atoms with Crippen molar-refractivity contribution in [1.29, 1.82) is 0 Å². The summed E-state index contributed by atoms with van der Waals surface area (Å²) < 4.78 is 28.1. The molecule has 0 radical (unpaired) electrons. The second-order valence-electron chi connectivity index (χ2n) is 4.09. The van der Waals surface area contributed by atoms with Gasteiger partial charge in [0.1, 0.15) is 9.90 Å². The van der Waals surface area contributed by atoms with Gasteiger partial charge in [0.15, 0.2) is 0 Å². The first-order valence-corrected chi connectivity index (χ1v) is 9.76. The maximum absolute atomic E-state index is 12.4. The van der Waals surface area contributed by atoms with Gasteiger partial charge in [-0.2, -0.15) is 0 Å². The standard InChI is InChI=1S/C11H14BrN3O2S3/c1-7(11-14-3-4-18-11)15-20(16,17)9-5-8(6-13-2)19-10(9)12/h3-5,7,13,15H,6H2,1-2H3. The molecule has 0 aliphatic rings. The van der Waals surface area contributed by atoms with Crippen molar-refractivity contribution >= 4 is 48.6 Å². The summed E-state index contributed by atoms with van der Waals surface area (Å²) in [6.45, 7) is 2.42. The predicted molar refractivity (Wildman–Crippen MR) is 85.6 cm³/mol. The first kappa shape index (κ1) is 16.1. The Hall–Kier alpha value is -0.320. The Bertz CT molecular complexity index is 667. The smallest absolute Gasteiger partial charge is 0.243 e. The molecule has 1 unspecified atom stereocenters. The molecular weight excluding hydrogens is 382 g/mol. The summed E-state index contributed by atoms with van der Waals surface area (Å²) in [7, 11) is -1.74. The number of nitrogens with zero attached hydrogens (tertiary/aromatic N) is 1. The minimum atomic E-state index is -3.56. The summed E-state index contributed by atoms with van der Waals surface area (Å²) >= 11 is 6.16. The summed E-state index contributed by atoms with van der Waals surface area (Å²) in [6.07, 6.45) is 1.66. The molecule has 2 rings (SSSR count). The second-order valence-corrected chi connectivity index (χ2v) is 9.16. The van der Waals surface area contributed by atoms with Crippen molar-refractivity contribution in [2.24, 2.45) is 0 Å². The van der Waals surface area contributed by atoms with Crippen molar-refractivity contribution in [1.82, 2.24) is 15.0 Å². The third-order valence-electron chi connectivity index (χ3n) is 2.50. The molecule has 0 bridgehead atoms. The van der Waals surface area contributed by atoms with Crippen LogP contribution in [-0.2, 0) is 16.6 Å². The molecule has 0 spiro atoms. The van der Waals surface area contributed by atoms with Gasteiger partial charge >= 0.3 is 0 Å². The number of rotatable bonds is 6. The van der Waals surface area contributed by atoms with E-state index < -0.39 is 10.0 Å². The van der Waals surface area contributed by atoms with Crippen molar-refractivity contribution in [3.05, 3.63) is 31.3 Å². The van der Waals surface area contributed by atoms with Crippen LogP contribution >= 0.6 is 38.6 Å². The quantitative estimate of drug-likeness (QED) is 0.788. The molecule has 20 heavy (non-hydrogen) atoms. The predicted octanol–water partition coefficient (Wildman–Crippen LogP) is 2.73. The molecule has 0 amide bonds. The zero-order valence-electron chi connectivity index (χ0n) is 10.9. The highest BCUT2D eigenvalue weighted by molar-refractivity contribution is 9.11. The average molecular weight is 396 g/mol. The number of halogens is 1. The van der Waals surface area contributed by atoms with Gasteiger partial charge in [0.25, 0.3) is 0 Å². The Morgan fingerprint density at radius 3 is 2.85 bits per heavy atom. The molecule has 2 N–H and O–H groups in total. The van der Waals surface area contributed by atoms with Gasteiger partial charge in [0.2, 0.25) is 10.0 Å². The van der Waals surface area contributed by atoms with E-state index in [0.29, 0.717) is 10.3 Å². The molecule has 2 aromatic rings. The second kappa shape index (κ2) is 6.63. The lowest BCUT2D eigenvalue weighted by Gasteiger charge is -2.11. The molecule has 0 saturated heterocycles. The van der Waals surface area contributed by atoms with Gasteiger partial charge in [-0.25, -0.2) is 18.1 Å². The van der Waals surface area contributed by atoms with Crippen LogP contribution in [0.4, 0.5) is 0 Å². The number of thiophene rings is 1. The van der Waals surface area contributed by atoms with Crippen LogP contribution in [0.2, 0.25) is 0 Å². The molecule has 2 heterocycles. The third kappa shape index (κ3) is 3.66. The lowest BCUT2D eigenvalue weighted by molar-refractivity contribution is 0.566. The Balaban J connectivity index is 2.22. The lowest BCUT2D eigenvalue weighted by Crippen LogP contribution is -2.26. The van der Waals surface area contributed by atoms with E-state index in [4.69, 9.17) is 0 Å². The monoisotopic (exact) mass is 395 g/mol. The Morgan fingerprint density at radius 2 is 2.25 bits per heavy atom. The van der Waals surface area contributed by atoms with E-state index in [1.807, 2.05) is 12.4 Å².